The van der Waals surface area contributed by atoms with Gasteiger partial charge in [-0.3, -0.25) is 4.79 Å². The summed E-state index contributed by atoms with van der Waals surface area (Å²) in [6, 6.07) is 13.0. The van der Waals surface area contributed by atoms with Gasteiger partial charge in [0, 0.05) is 6.20 Å². The maximum atomic E-state index is 12.6. The third kappa shape index (κ3) is 4.77. The van der Waals surface area contributed by atoms with Gasteiger partial charge in [0.1, 0.15) is 17.2 Å². The van der Waals surface area contributed by atoms with Crippen LogP contribution in [0, 0.1) is 6.92 Å². The molecule has 0 unspecified atom stereocenters. The van der Waals surface area contributed by atoms with Crippen LogP contribution in [0.3, 0.4) is 0 Å². The van der Waals surface area contributed by atoms with Crippen LogP contribution in [-0.2, 0) is 6.73 Å². The van der Waals surface area contributed by atoms with Crippen molar-refractivity contribution in [2.75, 3.05) is 5.32 Å². The third-order valence-electron chi connectivity index (χ3n) is 3.73. The largest absolute Gasteiger partial charge is 0.470 e. The Morgan fingerprint density at radius 2 is 2.00 bits per heavy atom. The molecule has 9 heteroatoms. The second-order valence-electron chi connectivity index (χ2n) is 5.75. The second-order valence-corrected chi connectivity index (χ2v) is 6.16. The fourth-order valence-corrected chi connectivity index (χ4v) is 2.62. The number of nitrogens with one attached hydrogen (secondary N) is 1. The fourth-order valence-electron chi connectivity index (χ4n) is 2.43. The number of rotatable bonds is 7. The number of para-hydroxylation sites is 1. The van der Waals surface area contributed by atoms with E-state index in [1.807, 2.05) is 0 Å². The third-order valence-corrected chi connectivity index (χ3v) is 4.04. The van der Waals surface area contributed by atoms with Gasteiger partial charge in [-0.25, -0.2) is 4.68 Å². The molecule has 1 N–H and O–H groups in total. The van der Waals surface area contributed by atoms with Crippen molar-refractivity contribution in [2.45, 2.75) is 20.3 Å². The highest BCUT2D eigenvalue weighted by Crippen LogP contribution is 2.28. The number of anilines is 1. The number of ether oxygens (including phenoxy) is 2. The molecular weight excluding hydrogens is 392 g/mol. The van der Waals surface area contributed by atoms with Crippen molar-refractivity contribution in [3.63, 3.8) is 0 Å². The Balaban J connectivity index is 1.74. The molecule has 0 spiro atoms. The highest BCUT2D eigenvalue weighted by Gasteiger charge is 2.17. The van der Waals surface area contributed by atoms with Crippen LogP contribution in [0.2, 0.25) is 5.02 Å². The topological polar surface area (TPSA) is 65.4 Å². The molecular formula is C19H16ClF2N3O3. The average molecular weight is 408 g/mol. The molecule has 0 saturated heterocycles. The van der Waals surface area contributed by atoms with Crippen LogP contribution in [0.1, 0.15) is 16.1 Å². The number of hydrogen-bond donors (Lipinski definition) is 1. The minimum atomic E-state index is -3.01. The highest BCUT2D eigenvalue weighted by molar-refractivity contribution is 6.32. The first-order valence-corrected chi connectivity index (χ1v) is 8.58. The van der Waals surface area contributed by atoms with E-state index >= 15 is 0 Å². The Bertz CT molecular complexity index is 979. The lowest BCUT2D eigenvalue weighted by Crippen LogP contribution is -2.20. The average Bonchev–Trinajstić information content (AvgIpc) is 3.11. The molecule has 1 aromatic heterocycles. The van der Waals surface area contributed by atoms with Gasteiger partial charge in [-0.1, -0.05) is 29.8 Å². The quantitative estimate of drug-likeness (QED) is 0.614. The summed E-state index contributed by atoms with van der Waals surface area (Å²) in [6.07, 6.45) is 1.43. The summed E-state index contributed by atoms with van der Waals surface area (Å²) in [6.45, 7) is -1.34. The monoisotopic (exact) mass is 407 g/mol. The standard InChI is InChI=1S/C19H16ClF2N3O3/c1-12-6-7-14(17(10-12)28-19(21)22)24-18(26)15-8-9-23-25(15)11-27-16-5-3-2-4-13(16)20/h2-10,19H,11H2,1H3,(H,24,26). The number of carbonyl (C=O) groups is 1. The number of carbonyl (C=O) groups excluding carboxylic acids is 1. The van der Waals surface area contributed by atoms with Crippen molar-refractivity contribution in [1.82, 2.24) is 9.78 Å². The number of aryl methyl sites for hydroxylation is 1. The lowest BCUT2D eigenvalue weighted by molar-refractivity contribution is -0.0494. The summed E-state index contributed by atoms with van der Waals surface area (Å²) >= 11 is 6.04. The van der Waals surface area contributed by atoms with Crippen LogP contribution in [0.25, 0.3) is 0 Å². The van der Waals surface area contributed by atoms with E-state index in [1.54, 1.807) is 37.3 Å². The molecule has 0 fully saturated rings. The number of hydrogen-bond acceptors (Lipinski definition) is 4. The van der Waals surface area contributed by atoms with E-state index in [0.717, 1.165) is 0 Å². The Morgan fingerprint density at radius 3 is 2.75 bits per heavy atom. The second kappa shape index (κ2) is 8.71. The molecule has 0 aliphatic heterocycles. The minimum Gasteiger partial charge on any atom is -0.470 e. The van der Waals surface area contributed by atoms with Crippen LogP contribution in [0.15, 0.2) is 54.7 Å². The van der Waals surface area contributed by atoms with Crippen molar-refractivity contribution < 1.29 is 23.0 Å². The van der Waals surface area contributed by atoms with Crippen molar-refractivity contribution in [2.24, 2.45) is 0 Å². The molecule has 1 amide bonds. The normalized spacial score (nSPS) is 10.8. The number of amides is 1. The molecule has 6 nitrogen and oxygen atoms in total. The maximum absolute atomic E-state index is 12.6. The van der Waals surface area contributed by atoms with Crippen LogP contribution >= 0.6 is 11.6 Å². The van der Waals surface area contributed by atoms with E-state index in [-0.39, 0.29) is 23.9 Å². The van der Waals surface area contributed by atoms with Crippen LogP contribution in [-0.4, -0.2) is 22.3 Å². The molecule has 1 heterocycles. The molecule has 0 saturated carbocycles. The van der Waals surface area contributed by atoms with E-state index in [4.69, 9.17) is 16.3 Å². The first kappa shape index (κ1) is 19.6. The summed E-state index contributed by atoms with van der Waals surface area (Å²) < 4.78 is 36.6. The first-order chi connectivity index (χ1) is 13.4. The lowest BCUT2D eigenvalue weighted by Gasteiger charge is -2.14. The van der Waals surface area contributed by atoms with Crippen LogP contribution < -0.4 is 14.8 Å². The van der Waals surface area contributed by atoms with Crippen molar-refractivity contribution >= 4 is 23.2 Å². The molecule has 3 aromatic rings. The van der Waals surface area contributed by atoms with Crippen LogP contribution in [0.5, 0.6) is 11.5 Å². The van der Waals surface area contributed by atoms with Crippen molar-refractivity contribution in [3.8, 4) is 11.5 Å². The van der Waals surface area contributed by atoms with Gasteiger partial charge in [-0.2, -0.15) is 13.9 Å². The summed E-state index contributed by atoms with van der Waals surface area (Å²) in [5, 5.41) is 7.03. The minimum absolute atomic E-state index is 0.0617. The summed E-state index contributed by atoms with van der Waals surface area (Å²) in [5.74, 6) is -0.234. The summed E-state index contributed by atoms with van der Waals surface area (Å²) in [4.78, 5) is 12.6. The van der Waals surface area contributed by atoms with E-state index in [1.165, 1.54) is 29.1 Å². The molecule has 146 valence electrons. The van der Waals surface area contributed by atoms with E-state index in [9.17, 15) is 13.6 Å². The Kier molecular flexibility index (Phi) is 6.10. The van der Waals surface area contributed by atoms with Gasteiger partial charge in [-0.05, 0) is 42.8 Å². The number of alkyl halides is 2. The summed E-state index contributed by atoms with van der Waals surface area (Å²) in [5.41, 5.74) is 1.01. The number of halogens is 3. The van der Waals surface area contributed by atoms with Gasteiger partial charge in [0.25, 0.3) is 5.91 Å². The van der Waals surface area contributed by atoms with Crippen LogP contribution in [0.4, 0.5) is 14.5 Å². The predicted octanol–water partition coefficient (Wildman–Crippen LogP) is 4.74. The molecule has 0 atom stereocenters. The van der Waals surface area contributed by atoms with Gasteiger partial charge in [0.2, 0.25) is 0 Å². The molecule has 0 aliphatic rings. The number of nitrogens with zero attached hydrogens (tertiary/aromatic N) is 2. The lowest BCUT2D eigenvalue weighted by atomic mass is 10.2. The molecule has 28 heavy (non-hydrogen) atoms. The molecule has 0 radical (unpaired) electrons. The predicted molar refractivity (Wildman–Crippen MR) is 100 cm³/mol. The first-order valence-electron chi connectivity index (χ1n) is 8.20. The molecule has 2 aromatic carbocycles. The van der Waals surface area contributed by atoms with Crippen molar-refractivity contribution in [1.29, 1.82) is 0 Å². The van der Waals surface area contributed by atoms with Gasteiger partial charge in [0.15, 0.2) is 6.73 Å². The zero-order valence-electron chi connectivity index (χ0n) is 14.7. The van der Waals surface area contributed by atoms with Gasteiger partial charge in [0.05, 0.1) is 10.7 Å². The summed E-state index contributed by atoms with van der Waals surface area (Å²) in [7, 11) is 0. The number of benzene rings is 2. The van der Waals surface area contributed by atoms with Gasteiger partial charge >= 0.3 is 6.61 Å². The number of aromatic nitrogens is 2. The molecule has 0 bridgehead atoms. The Hall–Kier alpha value is -3.13. The zero-order chi connectivity index (χ0) is 20.1. The van der Waals surface area contributed by atoms with E-state index in [0.29, 0.717) is 16.3 Å². The van der Waals surface area contributed by atoms with E-state index < -0.39 is 12.5 Å². The molecule has 0 aliphatic carbocycles. The highest BCUT2D eigenvalue weighted by atomic mass is 35.5. The van der Waals surface area contributed by atoms with Gasteiger partial charge in [-0.15, -0.1) is 0 Å². The smallest absolute Gasteiger partial charge is 0.387 e. The fraction of sp³-hybridized carbons (Fsp3) is 0.158. The van der Waals surface area contributed by atoms with Crippen molar-refractivity contribution in [3.05, 3.63) is 71.0 Å². The zero-order valence-corrected chi connectivity index (χ0v) is 15.5. The Labute approximate surface area is 164 Å². The Morgan fingerprint density at radius 1 is 1.21 bits per heavy atom. The SMILES string of the molecule is Cc1ccc(NC(=O)c2ccnn2COc2ccccc2Cl)c(OC(F)F)c1. The van der Waals surface area contributed by atoms with E-state index in [2.05, 4.69) is 15.2 Å². The van der Waals surface area contributed by atoms with Gasteiger partial charge < -0.3 is 14.8 Å². The molecule has 3 rings (SSSR count). The maximum Gasteiger partial charge on any atom is 0.387 e.